The molecule has 6 aromatic carbocycles. The van der Waals surface area contributed by atoms with E-state index >= 15 is 0 Å². The number of ether oxygens (including phenoxy) is 2. The summed E-state index contributed by atoms with van der Waals surface area (Å²) >= 11 is 0. The van der Waals surface area contributed by atoms with Crippen molar-refractivity contribution in [1.29, 1.82) is 0 Å². The van der Waals surface area contributed by atoms with Crippen molar-refractivity contribution < 1.29 is 9.47 Å². The molecule has 0 amide bonds. The number of methoxy groups -OCH3 is 2. The van der Waals surface area contributed by atoms with Crippen molar-refractivity contribution in [3.05, 3.63) is 202 Å². The Kier molecular flexibility index (Phi) is 8.46. The van der Waals surface area contributed by atoms with Gasteiger partial charge in [0.05, 0.1) is 23.0 Å². The number of hydrogen-bond donors (Lipinski definition) is 0. The second kappa shape index (κ2) is 14.1. The summed E-state index contributed by atoms with van der Waals surface area (Å²) in [5, 5.41) is 9.89. The quantitative estimate of drug-likeness (QED) is 0.113. The van der Waals surface area contributed by atoms with Gasteiger partial charge in [0.15, 0.2) is 0 Å². The molecule has 2 fully saturated rings. The van der Waals surface area contributed by atoms with Crippen LogP contribution in [0.25, 0.3) is 43.1 Å². The lowest BCUT2D eigenvalue weighted by Crippen LogP contribution is -2.27. The Bertz CT molecular complexity index is 2740. The maximum Gasteiger partial charge on any atom is 0.134 e. The zero-order chi connectivity index (χ0) is 40.1. The Morgan fingerprint density at radius 3 is 1.08 bits per heavy atom. The van der Waals surface area contributed by atoms with E-state index in [0.29, 0.717) is 22.9 Å². The van der Waals surface area contributed by atoms with Gasteiger partial charge in [-0.1, -0.05) is 176 Å². The molecule has 293 valence electrons. The summed E-state index contributed by atoms with van der Waals surface area (Å²) in [5.74, 6) is 3.59. The van der Waals surface area contributed by atoms with E-state index in [-0.39, 0.29) is 11.8 Å². The molecule has 3 heteroatoms. The van der Waals surface area contributed by atoms with Gasteiger partial charge in [0.25, 0.3) is 0 Å². The second-order valence-electron chi connectivity index (χ2n) is 17.8. The molecular weight excluding hydrogens is 745 g/mol. The summed E-state index contributed by atoms with van der Waals surface area (Å²) in [6.45, 7) is 2.71. The Labute approximate surface area is 354 Å². The first-order valence-corrected chi connectivity index (χ1v) is 24.2. The maximum atomic E-state index is 6.16. The van der Waals surface area contributed by atoms with E-state index in [1.54, 1.807) is 22.3 Å². The van der Waals surface area contributed by atoms with E-state index in [4.69, 9.17) is 9.47 Å². The van der Waals surface area contributed by atoms with Crippen LogP contribution in [0.15, 0.2) is 191 Å². The minimum absolute atomic E-state index is 0.143. The van der Waals surface area contributed by atoms with Crippen LogP contribution in [0.4, 0.5) is 0 Å². The molecular formula is C57H49O2Si. The van der Waals surface area contributed by atoms with Crippen molar-refractivity contribution in [2.24, 2.45) is 11.8 Å². The van der Waals surface area contributed by atoms with E-state index in [1.165, 1.54) is 91.0 Å². The number of rotatable bonds is 8. The van der Waals surface area contributed by atoms with E-state index < -0.39 is 8.80 Å². The minimum atomic E-state index is -1.07. The lowest BCUT2D eigenvalue weighted by molar-refractivity contribution is 0.424. The van der Waals surface area contributed by atoms with Crippen LogP contribution < -0.4 is 9.47 Å². The highest BCUT2D eigenvalue weighted by Crippen LogP contribution is 2.62. The highest BCUT2D eigenvalue weighted by atomic mass is 28.3. The normalized spacial score (nSPS) is 23.5. The monoisotopic (exact) mass is 793 g/mol. The smallest absolute Gasteiger partial charge is 0.134 e. The standard InChI is InChI=1S/C57H49O2Si/c1-58-54-42-22-10-4-16-36(42)52(37-17-5-11-23-43(37)54)40-20-8-14-26-46-50(40)32-48(34-28-29-34)56(46)60(3)57-47-27-15-9-21-41(51(47)33-49(57)35-30-31-35)53-38-18-6-12-24-44(38)55(59-2)45-25-13-7-19-39(45)53/h4-27,32-35,40-41,56-57H,28-31H2,1-3H3. The summed E-state index contributed by atoms with van der Waals surface area (Å²) in [6.07, 6.45) is 30.0. The SMILES string of the molecule is COc1c2ccccc2c(C2C=CC=CC3=C2C=C(C2CC2)C3[Si](C)C2C(C3CC3)=CC3=C2C=CC=CC3c2c3ccccc3c(OC)c3ccccc23)c2ccccc12. The minimum Gasteiger partial charge on any atom is -0.495 e. The molecule has 4 atom stereocenters. The molecule has 6 aliphatic rings. The average Bonchev–Trinajstić information content (AvgIpc) is 4.23. The van der Waals surface area contributed by atoms with Crippen LogP contribution >= 0.6 is 0 Å². The third-order valence-electron chi connectivity index (χ3n) is 14.5. The highest BCUT2D eigenvalue weighted by Gasteiger charge is 2.48. The molecule has 1 radical (unpaired) electrons. The van der Waals surface area contributed by atoms with Gasteiger partial charge in [0.1, 0.15) is 11.5 Å². The van der Waals surface area contributed by atoms with Crippen LogP contribution in [0.1, 0.15) is 48.6 Å². The Morgan fingerprint density at radius 1 is 0.433 bits per heavy atom. The van der Waals surface area contributed by atoms with E-state index in [1.807, 2.05) is 14.2 Å². The van der Waals surface area contributed by atoms with Gasteiger partial charge in [-0.25, -0.2) is 0 Å². The molecule has 6 aromatic rings. The Morgan fingerprint density at radius 2 is 0.767 bits per heavy atom. The molecule has 0 saturated heterocycles. The van der Waals surface area contributed by atoms with Crippen molar-refractivity contribution in [2.75, 3.05) is 14.2 Å². The highest BCUT2D eigenvalue weighted by molar-refractivity contribution is 6.64. The van der Waals surface area contributed by atoms with Gasteiger partial charge in [-0.3, -0.25) is 0 Å². The summed E-state index contributed by atoms with van der Waals surface area (Å²) in [6, 6.07) is 35.6. The summed E-state index contributed by atoms with van der Waals surface area (Å²) in [7, 11) is 2.57. The summed E-state index contributed by atoms with van der Waals surface area (Å²) < 4.78 is 12.3. The van der Waals surface area contributed by atoms with Crippen LogP contribution in [0.3, 0.4) is 0 Å². The fourth-order valence-corrected chi connectivity index (χ4v) is 15.3. The largest absolute Gasteiger partial charge is 0.495 e. The predicted molar refractivity (Wildman–Crippen MR) is 253 cm³/mol. The number of hydrogen-bond acceptors (Lipinski definition) is 2. The fraction of sp³-hybridized carbons (Fsp3) is 0.228. The fourth-order valence-electron chi connectivity index (χ4n) is 11.8. The number of allylic oxidation sites excluding steroid dienone is 16. The van der Waals surface area contributed by atoms with Crippen molar-refractivity contribution in [3.8, 4) is 11.5 Å². The zero-order valence-corrected chi connectivity index (χ0v) is 35.6. The topological polar surface area (TPSA) is 18.5 Å². The van der Waals surface area contributed by atoms with Gasteiger partial charge >= 0.3 is 0 Å². The van der Waals surface area contributed by atoms with Gasteiger partial charge in [-0.15, -0.1) is 0 Å². The molecule has 0 N–H and O–H groups in total. The molecule has 4 unspecified atom stereocenters. The van der Waals surface area contributed by atoms with E-state index in [0.717, 1.165) is 11.5 Å². The van der Waals surface area contributed by atoms with Crippen LogP contribution in [-0.4, -0.2) is 23.0 Å². The molecule has 0 bridgehead atoms. The summed E-state index contributed by atoms with van der Waals surface area (Å²) in [4.78, 5) is 0. The van der Waals surface area contributed by atoms with Crippen LogP contribution in [-0.2, 0) is 0 Å². The van der Waals surface area contributed by atoms with Crippen LogP contribution in [0.5, 0.6) is 11.5 Å². The molecule has 6 aliphatic carbocycles. The van der Waals surface area contributed by atoms with Gasteiger partial charge in [0.2, 0.25) is 0 Å². The third-order valence-corrected chi connectivity index (χ3v) is 17.6. The molecule has 12 rings (SSSR count). The lowest BCUT2D eigenvalue weighted by atomic mass is 9.83. The van der Waals surface area contributed by atoms with Crippen LogP contribution in [0.2, 0.25) is 17.6 Å². The van der Waals surface area contributed by atoms with E-state index in [9.17, 15) is 0 Å². The first kappa shape index (κ1) is 36.0. The first-order chi connectivity index (χ1) is 29.6. The summed E-state index contributed by atoms with van der Waals surface area (Å²) in [5.41, 5.74) is 13.3. The van der Waals surface area contributed by atoms with Crippen molar-refractivity contribution in [1.82, 2.24) is 0 Å². The van der Waals surface area contributed by atoms with Gasteiger partial charge < -0.3 is 9.47 Å². The van der Waals surface area contributed by atoms with Gasteiger partial charge in [0, 0.05) is 33.4 Å². The lowest BCUT2D eigenvalue weighted by Gasteiger charge is -2.32. The third kappa shape index (κ3) is 5.44. The predicted octanol–water partition coefficient (Wildman–Crippen LogP) is 14.6. The first-order valence-electron chi connectivity index (χ1n) is 22.0. The molecule has 0 aliphatic heterocycles. The molecule has 0 aromatic heterocycles. The molecule has 60 heavy (non-hydrogen) atoms. The second-order valence-corrected chi connectivity index (χ2v) is 20.4. The maximum absolute atomic E-state index is 6.16. The van der Waals surface area contributed by atoms with Crippen molar-refractivity contribution >= 4 is 51.9 Å². The molecule has 0 spiro atoms. The van der Waals surface area contributed by atoms with Gasteiger partial charge in [-0.2, -0.15) is 0 Å². The molecule has 0 heterocycles. The number of fused-ring (bicyclic) bond motifs is 4. The Hall–Kier alpha value is -5.90. The van der Waals surface area contributed by atoms with Crippen LogP contribution in [0, 0.1) is 11.8 Å². The Balaban J connectivity index is 1.03. The molecule has 2 nitrogen and oxygen atoms in total. The van der Waals surface area contributed by atoms with Gasteiger partial charge in [-0.05, 0) is 104 Å². The molecule has 2 saturated carbocycles. The number of benzene rings is 6. The van der Waals surface area contributed by atoms with Crippen molar-refractivity contribution in [2.45, 2.75) is 55.1 Å². The van der Waals surface area contributed by atoms with E-state index in [2.05, 4.69) is 164 Å². The zero-order valence-electron chi connectivity index (χ0n) is 34.6. The van der Waals surface area contributed by atoms with Crippen molar-refractivity contribution in [3.63, 3.8) is 0 Å². The average molecular weight is 794 g/mol.